The van der Waals surface area contributed by atoms with Gasteiger partial charge in [-0.25, -0.2) is 0 Å². The summed E-state index contributed by atoms with van der Waals surface area (Å²) in [6.45, 7) is 10.1. The number of hydrogen-bond acceptors (Lipinski definition) is 4. The normalized spacial score (nSPS) is 14.6. The van der Waals surface area contributed by atoms with Crippen molar-refractivity contribution >= 4 is 5.97 Å². The molecule has 1 atom stereocenters. The van der Waals surface area contributed by atoms with Crippen molar-refractivity contribution in [2.45, 2.75) is 47.0 Å². The van der Waals surface area contributed by atoms with E-state index in [4.69, 9.17) is 15.2 Å². The van der Waals surface area contributed by atoms with E-state index in [1.165, 1.54) is 0 Å². The SMILES string of the molecule is CCOCCCC(CN)(CC(C)C)C(=O)OCC. The topological polar surface area (TPSA) is 61.5 Å². The smallest absolute Gasteiger partial charge is 0.313 e. The third-order valence-corrected chi connectivity index (χ3v) is 3.05. The van der Waals surface area contributed by atoms with Crippen molar-refractivity contribution < 1.29 is 14.3 Å². The highest BCUT2D eigenvalue weighted by atomic mass is 16.5. The Morgan fingerprint density at radius 2 is 1.94 bits per heavy atom. The largest absolute Gasteiger partial charge is 0.466 e. The third-order valence-electron chi connectivity index (χ3n) is 3.05. The molecule has 0 amide bonds. The molecule has 4 nitrogen and oxygen atoms in total. The summed E-state index contributed by atoms with van der Waals surface area (Å²) in [4.78, 5) is 12.2. The van der Waals surface area contributed by atoms with Gasteiger partial charge in [0, 0.05) is 19.8 Å². The summed E-state index contributed by atoms with van der Waals surface area (Å²) in [7, 11) is 0. The van der Waals surface area contributed by atoms with Gasteiger partial charge in [0.15, 0.2) is 0 Å². The molecule has 0 aromatic heterocycles. The molecule has 0 saturated heterocycles. The van der Waals surface area contributed by atoms with E-state index in [1.54, 1.807) is 0 Å². The van der Waals surface area contributed by atoms with Gasteiger partial charge in [0.1, 0.15) is 0 Å². The molecule has 0 aromatic carbocycles. The van der Waals surface area contributed by atoms with Crippen molar-refractivity contribution in [1.82, 2.24) is 0 Å². The average Bonchev–Trinajstić information content (AvgIpc) is 2.33. The van der Waals surface area contributed by atoms with Gasteiger partial charge in [0.2, 0.25) is 0 Å². The van der Waals surface area contributed by atoms with Crippen molar-refractivity contribution in [3.63, 3.8) is 0 Å². The van der Waals surface area contributed by atoms with Crippen LogP contribution >= 0.6 is 0 Å². The number of hydrogen-bond donors (Lipinski definition) is 1. The van der Waals surface area contributed by atoms with Gasteiger partial charge >= 0.3 is 5.97 Å². The number of ether oxygens (including phenoxy) is 2. The summed E-state index contributed by atoms with van der Waals surface area (Å²) in [6, 6.07) is 0. The lowest BCUT2D eigenvalue weighted by Crippen LogP contribution is -2.41. The molecule has 1 unspecified atom stereocenters. The number of carbonyl (C=O) groups is 1. The average molecular weight is 259 g/mol. The first-order valence-electron chi connectivity index (χ1n) is 6.97. The Hall–Kier alpha value is -0.610. The Morgan fingerprint density at radius 1 is 1.28 bits per heavy atom. The second-order valence-electron chi connectivity index (χ2n) is 5.10. The van der Waals surface area contributed by atoms with Crippen molar-refractivity contribution in [2.24, 2.45) is 17.1 Å². The molecule has 4 heteroatoms. The summed E-state index contributed by atoms with van der Waals surface area (Å²) in [5, 5.41) is 0. The lowest BCUT2D eigenvalue weighted by molar-refractivity contribution is -0.156. The highest BCUT2D eigenvalue weighted by Gasteiger charge is 2.38. The van der Waals surface area contributed by atoms with E-state index in [0.717, 1.165) is 19.3 Å². The predicted molar refractivity (Wildman–Crippen MR) is 73.3 cm³/mol. The molecular formula is C14H29NO3. The van der Waals surface area contributed by atoms with Crippen molar-refractivity contribution in [1.29, 1.82) is 0 Å². The highest BCUT2D eigenvalue weighted by Crippen LogP contribution is 2.32. The molecule has 0 aromatic rings. The van der Waals surface area contributed by atoms with Crippen LogP contribution in [0.25, 0.3) is 0 Å². The zero-order valence-electron chi connectivity index (χ0n) is 12.3. The standard InChI is InChI=1S/C14H29NO3/c1-5-17-9-7-8-14(11-15,10-12(3)4)13(16)18-6-2/h12H,5-11,15H2,1-4H3. The van der Waals surface area contributed by atoms with Crippen LogP contribution in [0.3, 0.4) is 0 Å². The van der Waals surface area contributed by atoms with Crippen LogP contribution in [-0.4, -0.2) is 32.3 Å². The second kappa shape index (κ2) is 9.34. The van der Waals surface area contributed by atoms with E-state index in [9.17, 15) is 4.79 Å². The predicted octanol–water partition coefficient (Wildman–Crippen LogP) is 2.36. The summed E-state index contributed by atoms with van der Waals surface area (Å²) in [6.07, 6.45) is 2.35. The molecule has 0 saturated carbocycles. The first-order chi connectivity index (χ1) is 8.52. The molecule has 18 heavy (non-hydrogen) atoms. The summed E-state index contributed by atoms with van der Waals surface area (Å²) >= 11 is 0. The minimum Gasteiger partial charge on any atom is -0.466 e. The molecule has 0 radical (unpaired) electrons. The molecule has 0 rings (SSSR count). The minimum absolute atomic E-state index is 0.155. The maximum atomic E-state index is 12.2. The lowest BCUT2D eigenvalue weighted by Gasteiger charge is -2.31. The van der Waals surface area contributed by atoms with Gasteiger partial charge in [-0.1, -0.05) is 13.8 Å². The van der Waals surface area contributed by atoms with Gasteiger partial charge in [-0.3, -0.25) is 4.79 Å². The van der Waals surface area contributed by atoms with Crippen LogP contribution in [0.1, 0.15) is 47.0 Å². The molecular weight excluding hydrogens is 230 g/mol. The maximum Gasteiger partial charge on any atom is 0.313 e. The van der Waals surface area contributed by atoms with Gasteiger partial charge in [-0.2, -0.15) is 0 Å². The van der Waals surface area contributed by atoms with E-state index >= 15 is 0 Å². The lowest BCUT2D eigenvalue weighted by atomic mass is 9.76. The van der Waals surface area contributed by atoms with E-state index in [-0.39, 0.29) is 5.97 Å². The monoisotopic (exact) mass is 259 g/mol. The van der Waals surface area contributed by atoms with Crippen LogP contribution in [0, 0.1) is 11.3 Å². The zero-order valence-corrected chi connectivity index (χ0v) is 12.3. The number of esters is 1. The van der Waals surface area contributed by atoms with E-state index in [0.29, 0.717) is 32.3 Å². The summed E-state index contributed by atoms with van der Waals surface area (Å²) in [5.41, 5.74) is 5.32. The van der Waals surface area contributed by atoms with Gasteiger partial charge in [0.25, 0.3) is 0 Å². The Kier molecular flexibility index (Phi) is 9.02. The van der Waals surface area contributed by atoms with Gasteiger partial charge < -0.3 is 15.2 Å². The Bertz CT molecular complexity index is 231. The summed E-state index contributed by atoms with van der Waals surface area (Å²) < 4.78 is 10.5. The van der Waals surface area contributed by atoms with Gasteiger partial charge in [-0.05, 0) is 39.0 Å². The van der Waals surface area contributed by atoms with Gasteiger partial charge in [0.05, 0.1) is 12.0 Å². The second-order valence-corrected chi connectivity index (χ2v) is 5.10. The molecule has 2 N–H and O–H groups in total. The van der Waals surface area contributed by atoms with Crippen LogP contribution in [0.4, 0.5) is 0 Å². The van der Waals surface area contributed by atoms with E-state index in [1.807, 2.05) is 13.8 Å². The Balaban J connectivity index is 4.59. The number of nitrogens with two attached hydrogens (primary N) is 1. The van der Waals surface area contributed by atoms with E-state index in [2.05, 4.69) is 13.8 Å². The van der Waals surface area contributed by atoms with Crippen molar-refractivity contribution in [3.05, 3.63) is 0 Å². The van der Waals surface area contributed by atoms with Crippen molar-refractivity contribution in [2.75, 3.05) is 26.4 Å². The number of rotatable bonds is 10. The molecule has 0 bridgehead atoms. The fourth-order valence-corrected chi connectivity index (χ4v) is 2.28. The Morgan fingerprint density at radius 3 is 2.39 bits per heavy atom. The fourth-order valence-electron chi connectivity index (χ4n) is 2.28. The molecule has 0 aliphatic carbocycles. The molecule has 0 heterocycles. The van der Waals surface area contributed by atoms with Gasteiger partial charge in [-0.15, -0.1) is 0 Å². The third kappa shape index (κ3) is 5.83. The fraction of sp³-hybridized carbons (Fsp3) is 0.929. The molecule has 0 spiro atoms. The number of carbonyl (C=O) groups excluding carboxylic acids is 1. The highest BCUT2D eigenvalue weighted by molar-refractivity contribution is 5.77. The minimum atomic E-state index is -0.540. The molecule has 0 aliphatic rings. The van der Waals surface area contributed by atoms with Crippen LogP contribution in [0.2, 0.25) is 0 Å². The Labute approximate surface area is 111 Å². The van der Waals surface area contributed by atoms with Crippen LogP contribution < -0.4 is 5.73 Å². The maximum absolute atomic E-state index is 12.2. The first-order valence-corrected chi connectivity index (χ1v) is 6.97. The zero-order chi connectivity index (χ0) is 14.0. The van der Waals surface area contributed by atoms with Crippen LogP contribution in [0.15, 0.2) is 0 Å². The van der Waals surface area contributed by atoms with E-state index < -0.39 is 5.41 Å². The quantitative estimate of drug-likeness (QED) is 0.483. The molecule has 0 fully saturated rings. The van der Waals surface area contributed by atoms with Crippen molar-refractivity contribution in [3.8, 4) is 0 Å². The first kappa shape index (κ1) is 17.4. The molecule has 0 aliphatic heterocycles. The summed E-state index contributed by atoms with van der Waals surface area (Å²) in [5.74, 6) is 0.266. The van der Waals surface area contributed by atoms with Crippen LogP contribution in [0.5, 0.6) is 0 Å². The molecule has 108 valence electrons. The van der Waals surface area contributed by atoms with Crippen LogP contribution in [-0.2, 0) is 14.3 Å².